The Kier molecular flexibility index (Phi) is 7.78. The maximum Gasteiger partial charge on any atom is 0.416 e. The minimum atomic E-state index is -4.67. The fraction of sp³-hybridized carbons (Fsp3) is 0.345. The van der Waals surface area contributed by atoms with Gasteiger partial charge in [-0.15, -0.1) is 0 Å². The van der Waals surface area contributed by atoms with Crippen molar-refractivity contribution in [3.8, 4) is 5.75 Å². The zero-order valence-electron chi connectivity index (χ0n) is 21.9. The monoisotopic (exact) mass is 573 g/mol. The first-order valence-electron chi connectivity index (χ1n) is 13.0. The number of hydrogen-bond donors (Lipinski definition) is 0. The van der Waals surface area contributed by atoms with Gasteiger partial charge in [-0.25, -0.2) is 8.42 Å². The number of piperazine rings is 1. The number of alkyl halides is 3. The van der Waals surface area contributed by atoms with E-state index in [0.717, 1.165) is 39.5 Å². The summed E-state index contributed by atoms with van der Waals surface area (Å²) in [5.74, 6) is -0.468. The average Bonchev–Trinajstić information content (AvgIpc) is 3.44. The van der Waals surface area contributed by atoms with Crippen LogP contribution in [0, 0.1) is 5.92 Å². The number of amides is 1. The molecule has 0 unspecified atom stereocenters. The summed E-state index contributed by atoms with van der Waals surface area (Å²) < 4.78 is 73.2. The van der Waals surface area contributed by atoms with Gasteiger partial charge in [0, 0.05) is 50.9 Å². The zero-order chi connectivity index (χ0) is 28.5. The average molecular weight is 574 g/mol. The van der Waals surface area contributed by atoms with Crippen LogP contribution in [0.4, 0.5) is 18.9 Å². The van der Waals surface area contributed by atoms with Gasteiger partial charge < -0.3 is 14.5 Å². The van der Waals surface area contributed by atoms with Crippen molar-refractivity contribution in [2.45, 2.75) is 17.0 Å². The van der Waals surface area contributed by atoms with E-state index in [1.165, 1.54) is 0 Å². The Hall–Kier alpha value is -3.57. The second-order valence-corrected chi connectivity index (χ2v) is 11.9. The fourth-order valence-corrected chi connectivity index (χ4v) is 6.99. The number of rotatable bonds is 6. The second-order valence-electron chi connectivity index (χ2n) is 9.98. The van der Waals surface area contributed by atoms with Crippen LogP contribution in [0.25, 0.3) is 0 Å². The largest absolute Gasteiger partial charge is 0.497 e. The summed E-state index contributed by atoms with van der Waals surface area (Å²) in [4.78, 5) is 17.3. The SMILES string of the molecule is COc1ccc(N2CCN(C(=O)[C@@H]3CN(S(=O)(=O)c4cccc(C(F)(F)F)c4)C[C@H]3c3ccccc3)CC2)cc1. The number of nitrogens with zero attached hydrogens (tertiary/aromatic N) is 3. The van der Waals surface area contributed by atoms with E-state index < -0.39 is 38.5 Å². The number of methoxy groups -OCH3 is 1. The molecule has 11 heteroatoms. The molecule has 0 bridgehead atoms. The molecule has 5 rings (SSSR count). The van der Waals surface area contributed by atoms with Gasteiger partial charge in [0.1, 0.15) is 5.75 Å². The van der Waals surface area contributed by atoms with Crippen LogP contribution < -0.4 is 9.64 Å². The summed E-state index contributed by atoms with van der Waals surface area (Å²) in [7, 11) is -2.66. The second kappa shape index (κ2) is 11.1. The Balaban J connectivity index is 1.35. The topological polar surface area (TPSA) is 70.2 Å². The normalized spacial score (nSPS) is 20.5. The smallest absolute Gasteiger partial charge is 0.416 e. The van der Waals surface area contributed by atoms with Crippen LogP contribution >= 0.6 is 0 Å². The molecule has 0 aromatic heterocycles. The molecule has 1 amide bonds. The minimum Gasteiger partial charge on any atom is -0.497 e. The summed E-state index contributed by atoms with van der Waals surface area (Å²) in [6, 6.07) is 20.7. The predicted octanol–water partition coefficient (Wildman–Crippen LogP) is 4.47. The molecule has 3 aromatic carbocycles. The highest BCUT2D eigenvalue weighted by molar-refractivity contribution is 7.89. The van der Waals surface area contributed by atoms with Gasteiger partial charge in [-0.05, 0) is 48.0 Å². The fourth-order valence-electron chi connectivity index (χ4n) is 5.45. The van der Waals surface area contributed by atoms with Crippen molar-refractivity contribution in [3.05, 3.63) is 90.0 Å². The molecular weight excluding hydrogens is 543 g/mol. The molecule has 0 aliphatic carbocycles. The van der Waals surface area contributed by atoms with Gasteiger partial charge in [-0.1, -0.05) is 36.4 Å². The third kappa shape index (κ3) is 5.66. The summed E-state index contributed by atoms with van der Waals surface area (Å²) >= 11 is 0. The van der Waals surface area contributed by atoms with Crippen molar-refractivity contribution in [1.29, 1.82) is 0 Å². The summed E-state index contributed by atoms with van der Waals surface area (Å²) in [6.45, 7) is 2.09. The van der Waals surface area contributed by atoms with Gasteiger partial charge in [0.05, 0.1) is 23.5 Å². The Labute approximate surface area is 231 Å². The van der Waals surface area contributed by atoms with Crippen LogP contribution in [0.5, 0.6) is 5.75 Å². The van der Waals surface area contributed by atoms with Crippen molar-refractivity contribution in [2.75, 3.05) is 51.3 Å². The van der Waals surface area contributed by atoms with Crippen LogP contribution in [-0.4, -0.2) is 69.9 Å². The van der Waals surface area contributed by atoms with E-state index in [2.05, 4.69) is 4.90 Å². The molecule has 0 saturated carbocycles. The standard InChI is InChI=1S/C29H30F3N3O4S/c1-39-24-12-10-23(11-13-24)33-14-16-34(17-15-33)28(36)27-20-35(19-26(27)21-6-3-2-4-7-21)40(37,38)25-9-5-8-22(18-25)29(30,31)32/h2-13,18,26-27H,14-17,19-20H2,1H3/t26-,27+/m0/s1. The summed E-state index contributed by atoms with van der Waals surface area (Å²) in [6.07, 6.45) is -4.67. The van der Waals surface area contributed by atoms with Gasteiger partial charge in [-0.3, -0.25) is 4.79 Å². The van der Waals surface area contributed by atoms with E-state index in [9.17, 15) is 26.4 Å². The molecule has 40 heavy (non-hydrogen) atoms. The zero-order valence-corrected chi connectivity index (χ0v) is 22.7. The molecule has 3 aromatic rings. The Bertz CT molecular complexity index is 1440. The molecule has 0 radical (unpaired) electrons. The molecule has 7 nitrogen and oxygen atoms in total. The lowest BCUT2D eigenvalue weighted by molar-refractivity contribution is -0.138. The highest BCUT2D eigenvalue weighted by Gasteiger charge is 2.45. The molecule has 2 saturated heterocycles. The van der Waals surface area contributed by atoms with Gasteiger partial charge in [0.25, 0.3) is 0 Å². The molecule has 2 atom stereocenters. The van der Waals surface area contributed by atoms with E-state index in [0.29, 0.717) is 32.2 Å². The number of halogens is 3. The van der Waals surface area contributed by atoms with Gasteiger partial charge >= 0.3 is 6.18 Å². The van der Waals surface area contributed by atoms with Crippen molar-refractivity contribution in [1.82, 2.24) is 9.21 Å². The van der Waals surface area contributed by atoms with Crippen molar-refractivity contribution in [3.63, 3.8) is 0 Å². The lowest BCUT2D eigenvalue weighted by atomic mass is 9.88. The first-order chi connectivity index (χ1) is 19.1. The molecule has 0 N–H and O–H groups in total. The number of anilines is 1. The van der Waals surface area contributed by atoms with E-state index in [1.807, 2.05) is 54.6 Å². The van der Waals surface area contributed by atoms with Crippen molar-refractivity contribution in [2.24, 2.45) is 5.92 Å². The van der Waals surface area contributed by atoms with E-state index in [4.69, 9.17) is 4.74 Å². The molecule has 0 spiro atoms. The molecule has 2 fully saturated rings. The quantitative estimate of drug-likeness (QED) is 0.436. The first kappa shape index (κ1) is 28.0. The number of carbonyl (C=O) groups excluding carboxylic acids is 1. The van der Waals surface area contributed by atoms with E-state index in [-0.39, 0.29) is 19.0 Å². The summed E-state index contributed by atoms with van der Waals surface area (Å²) in [5.41, 5.74) is 0.809. The van der Waals surface area contributed by atoms with Crippen molar-refractivity contribution >= 4 is 21.6 Å². The molecule has 2 heterocycles. The highest BCUT2D eigenvalue weighted by Crippen LogP contribution is 2.38. The van der Waals surface area contributed by atoms with Crippen LogP contribution in [0.3, 0.4) is 0 Å². The number of ether oxygens (including phenoxy) is 1. The maximum atomic E-state index is 13.8. The van der Waals surface area contributed by atoms with Crippen LogP contribution in [0.15, 0.2) is 83.8 Å². The van der Waals surface area contributed by atoms with Crippen molar-refractivity contribution < 1.29 is 31.1 Å². The first-order valence-corrected chi connectivity index (χ1v) is 14.4. The minimum absolute atomic E-state index is 0.00477. The van der Waals surface area contributed by atoms with Gasteiger partial charge in [0.15, 0.2) is 0 Å². The maximum absolute atomic E-state index is 13.8. The Morgan fingerprint density at radius 1 is 0.875 bits per heavy atom. The van der Waals surface area contributed by atoms with Gasteiger partial charge in [0.2, 0.25) is 15.9 Å². The molecule has 2 aliphatic heterocycles. The van der Waals surface area contributed by atoms with Crippen LogP contribution in [-0.2, 0) is 21.0 Å². The Morgan fingerprint density at radius 3 is 2.17 bits per heavy atom. The number of sulfonamides is 1. The number of hydrogen-bond acceptors (Lipinski definition) is 5. The van der Waals surface area contributed by atoms with E-state index >= 15 is 0 Å². The number of benzene rings is 3. The summed E-state index contributed by atoms with van der Waals surface area (Å²) in [5, 5.41) is 0. The molecule has 212 valence electrons. The van der Waals surface area contributed by atoms with E-state index in [1.54, 1.807) is 12.0 Å². The predicted molar refractivity (Wildman–Crippen MR) is 145 cm³/mol. The lowest BCUT2D eigenvalue weighted by Crippen LogP contribution is -2.51. The lowest BCUT2D eigenvalue weighted by Gasteiger charge is -2.38. The van der Waals surface area contributed by atoms with Crippen LogP contribution in [0.1, 0.15) is 17.0 Å². The molecule has 2 aliphatic rings. The Morgan fingerprint density at radius 2 is 1.55 bits per heavy atom. The molecular formula is C29H30F3N3O4S. The number of carbonyl (C=O) groups is 1. The van der Waals surface area contributed by atoms with Crippen LogP contribution in [0.2, 0.25) is 0 Å². The van der Waals surface area contributed by atoms with Gasteiger partial charge in [-0.2, -0.15) is 17.5 Å². The third-order valence-corrected chi connectivity index (χ3v) is 9.49. The highest BCUT2D eigenvalue weighted by atomic mass is 32.2. The third-order valence-electron chi connectivity index (χ3n) is 7.66.